The lowest BCUT2D eigenvalue weighted by Crippen LogP contribution is -1.89. The van der Waals surface area contributed by atoms with E-state index in [0.717, 1.165) is 16.6 Å². The molecule has 0 saturated heterocycles. The average Bonchev–Trinajstić information content (AvgIpc) is 3.36. The molecule has 0 amide bonds. The van der Waals surface area contributed by atoms with Crippen molar-refractivity contribution in [2.24, 2.45) is 0 Å². The van der Waals surface area contributed by atoms with E-state index in [0.29, 0.717) is 0 Å². The first kappa shape index (κ1) is 42.2. The summed E-state index contributed by atoms with van der Waals surface area (Å²) in [5, 5.41) is 0. The van der Waals surface area contributed by atoms with Crippen molar-refractivity contribution >= 4 is 21.6 Å². The van der Waals surface area contributed by atoms with Crippen molar-refractivity contribution in [3.63, 3.8) is 0 Å². The summed E-state index contributed by atoms with van der Waals surface area (Å²) in [5.41, 5.74) is 24.1. The van der Waals surface area contributed by atoms with Gasteiger partial charge in [0.25, 0.3) is 0 Å². The second-order valence-electron chi connectivity index (χ2n) is 15.3. The lowest BCUT2D eigenvalue weighted by molar-refractivity contribution is 1.19. The summed E-state index contributed by atoms with van der Waals surface area (Å²) in [7, 11) is 0. The Morgan fingerprint density at radius 1 is 0.238 bits per heavy atom. The third kappa shape index (κ3) is 11.9. The van der Waals surface area contributed by atoms with Gasteiger partial charge in [0.15, 0.2) is 0 Å². The number of halogens is 1. The van der Waals surface area contributed by atoms with Crippen LogP contribution in [0.15, 0.2) is 271 Å². The molecule has 0 aliphatic rings. The van der Waals surface area contributed by atoms with E-state index in [1.54, 1.807) is 0 Å². The van der Waals surface area contributed by atoms with Gasteiger partial charge in [-0.15, -0.1) is 0 Å². The summed E-state index contributed by atoms with van der Waals surface area (Å²) in [4.78, 5) is 0. The van der Waals surface area contributed by atoms with Crippen LogP contribution >= 0.6 is 15.9 Å². The van der Waals surface area contributed by atoms with Crippen LogP contribution in [0.2, 0.25) is 0 Å². The third-order valence-corrected chi connectivity index (χ3v) is 11.4. The van der Waals surface area contributed by atoms with Gasteiger partial charge in [-0.1, -0.05) is 246 Å². The predicted octanol–water partition coefficient (Wildman–Crippen LogP) is 17.0. The van der Waals surface area contributed by atoms with Crippen LogP contribution in [0.1, 0.15) is 11.1 Å². The monoisotopic (exact) mass is 873 g/mol. The molecular formula is C61H48BrN. The molecule has 0 heterocycles. The molecule has 2 N–H and O–H groups in total. The van der Waals surface area contributed by atoms with E-state index in [2.05, 4.69) is 259 Å². The number of rotatable bonds is 8. The second kappa shape index (κ2) is 21.3. The molecule has 10 rings (SSSR count). The Kier molecular flexibility index (Phi) is 14.3. The summed E-state index contributed by atoms with van der Waals surface area (Å²) < 4.78 is 1.12. The number of nitrogen functional groups attached to an aromatic ring is 1. The molecule has 2 heteroatoms. The van der Waals surface area contributed by atoms with Gasteiger partial charge < -0.3 is 5.73 Å². The van der Waals surface area contributed by atoms with Crippen LogP contribution in [0.4, 0.5) is 5.69 Å². The smallest absolute Gasteiger partial charge is 0.0314 e. The Morgan fingerprint density at radius 2 is 0.524 bits per heavy atom. The molecule has 0 fully saturated rings. The van der Waals surface area contributed by atoms with Crippen LogP contribution in [0.3, 0.4) is 0 Å². The second-order valence-corrected chi connectivity index (χ2v) is 16.2. The van der Waals surface area contributed by atoms with Gasteiger partial charge in [0.2, 0.25) is 0 Å². The highest BCUT2D eigenvalue weighted by atomic mass is 79.9. The van der Waals surface area contributed by atoms with Crippen LogP contribution in [0.25, 0.3) is 66.8 Å². The molecular weight excluding hydrogens is 827 g/mol. The predicted molar refractivity (Wildman–Crippen MR) is 273 cm³/mol. The summed E-state index contributed by atoms with van der Waals surface area (Å²) in [5.74, 6) is 0. The molecule has 63 heavy (non-hydrogen) atoms. The van der Waals surface area contributed by atoms with Crippen LogP contribution in [-0.2, 0) is 6.42 Å². The van der Waals surface area contributed by atoms with Gasteiger partial charge in [-0.05, 0) is 121 Å². The minimum atomic E-state index is 0.794. The quantitative estimate of drug-likeness (QED) is 0.151. The van der Waals surface area contributed by atoms with Gasteiger partial charge in [0.05, 0.1) is 0 Å². The number of hydrogen-bond acceptors (Lipinski definition) is 1. The molecule has 304 valence electrons. The Morgan fingerprint density at radius 3 is 0.937 bits per heavy atom. The summed E-state index contributed by atoms with van der Waals surface area (Å²) in [6.07, 6.45) is 0.936. The van der Waals surface area contributed by atoms with Crippen molar-refractivity contribution < 1.29 is 0 Å². The molecule has 0 saturated carbocycles. The van der Waals surface area contributed by atoms with Gasteiger partial charge in [-0.25, -0.2) is 0 Å². The lowest BCUT2D eigenvalue weighted by Gasteiger charge is -2.09. The van der Waals surface area contributed by atoms with Crippen molar-refractivity contribution in [1.82, 2.24) is 0 Å². The average molecular weight is 875 g/mol. The normalized spacial score (nSPS) is 10.4. The van der Waals surface area contributed by atoms with E-state index in [4.69, 9.17) is 5.73 Å². The van der Waals surface area contributed by atoms with E-state index in [9.17, 15) is 0 Å². The largest absolute Gasteiger partial charge is 0.399 e. The molecule has 0 bridgehead atoms. The maximum Gasteiger partial charge on any atom is 0.0314 e. The molecule has 0 unspecified atom stereocenters. The van der Waals surface area contributed by atoms with E-state index in [-0.39, 0.29) is 0 Å². The van der Waals surface area contributed by atoms with E-state index < -0.39 is 0 Å². The molecule has 0 spiro atoms. The van der Waals surface area contributed by atoms with Gasteiger partial charge in [-0.3, -0.25) is 0 Å². The van der Waals surface area contributed by atoms with E-state index in [1.165, 1.54) is 77.9 Å². The van der Waals surface area contributed by atoms with E-state index in [1.807, 2.05) is 24.3 Å². The Labute approximate surface area is 381 Å². The molecule has 0 atom stereocenters. The van der Waals surface area contributed by atoms with Crippen molar-refractivity contribution in [3.05, 3.63) is 283 Å². The zero-order chi connectivity index (χ0) is 43.1. The standard InChI is InChI=1S/C31H24.C18H15N.C12H9Br/c1-3-10-26(11-4-1)29-14-7-9-25(22-29)21-24-17-19-28(20-18-24)31-16-8-15-30(23-31)27-12-5-2-6-13-27;19-18-11-9-15(10-12-18)17-8-4-7-16(13-17)14-5-2-1-3-6-14;13-12-8-6-11(7-9-12)10-4-2-1-3-5-10/h1-20,22-23H,21H2;1-13H,19H2;1-9H. The van der Waals surface area contributed by atoms with Crippen molar-refractivity contribution in [3.8, 4) is 66.8 Å². The van der Waals surface area contributed by atoms with Gasteiger partial charge >= 0.3 is 0 Å². The lowest BCUT2D eigenvalue weighted by atomic mass is 9.96. The number of benzene rings is 10. The molecule has 0 aliphatic heterocycles. The highest BCUT2D eigenvalue weighted by Crippen LogP contribution is 2.29. The zero-order valence-electron chi connectivity index (χ0n) is 35.1. The molecule has 10 aromatic rings. The maximum atomic E-state index is 5.73. The Balaban J connectivity index is 0.000000144. The summed E-state index contributed by atoms with van der Waals surface area (Å²) in [6.45, 7) is 0. The fourth-order valence-electron chi connectivity index (χ4n) is 7.51. The van der Waals surface area contributed by atoms with Gasteiger partial charge in [0.1, 0.15) is 0 Å². The van der Waals surface area contributed by atoms with Crippen LogP contribution < -0.4 is 5.73 Å². The van der Waals surface area contributed by atoms with Crippen LogP contribution in [0, 0.1) is 0 Å². The third-order valence-electron chi connectivity index (χ3n) is 10.9. The number of nitrogens with two attached hydrogens (primary N) is 1. The Hall–Kier alpha value is -7.52. The van der Waals surface area contributed by atoms with Crippen molar-refractivity contribution in [1.29, 1.82) is 0 Å². The summed E-state index contributed by atoms with van der Waals surface area (Å²) >= 11 is 3.42. The van der Waals surface area contributed by atoms with Gasteiger partial charge in [0, 0.05) is 10.2 Å². The van der Waals surface area contributed by atoms with Crippen LogP contribution in [-0.4, -0.2) is 0 Å². The highest BCUT2D eigenvalue weighted by Gasteiger charge is 2.05. The fourth-order valence-corrected chi connectivity index (χ4v) is 7.77. The molecule has 10 aromatic carbocycles. The topological polar surface area (TPSA) is 26.0 Å². The van der Waals surface area contributed by atoms with Crippen molar-refractivity contribution in [2.75, 3.05) is 5.73 Å². The minimum absolute atomic E-state index is 0.794. The SMILES string of the molecule is Brc1ccc(-c2ccccc2)cc1.Nc1ccc(-c2cccc(-c3ccccc3)c2)cc1.c1ccc(-c2cccc(Cc3ccc(-c4cccc(-c5ccccc5)c4)cc3)c2)cc1. The first-order valence-electron chi connectivity index (χ1n) is 21.3. The fraction of sp³-hybridized carbons (Fsp3) is 0.0164. The van der Waals surface area contributed by atoms with E-state index >= 15 is 0 Å². The number of hydrogen-bond donors (Lipinski definition) is 1. The first-order chi connectivity index (χ1) is 31.0. The zero-order valence-corrected chi connectivity index (χ0v) is 36.7. The Bertz CT molecular complexity index is 2930. The van der Waals surface area contributed by atoms with Crippen molar-refractivity contribution in [2.45, 2.75) is 6.42 Å². The van der Waals surface area contributed by atoms with Gasteiger partial charge in [-0.2, -0.15) is 0 Å². The number of anilines is 1. The maximum absolute atomic E-state index is 5.73. The first-order valence-corrected chi connectivity index (χ1v) is 22.0. The molecule has 0 radical (unpaired) electrons. The molecule has 0 aliphatic carbocycles. The molecule has 1 nitrogen and oxygen atoms in total. The minimum Gasteiger partial charge on any atom is -0.399 e. The van der Waals surface area contributed by atoms with Crippen LogP contribution in [0.5, 0.6) is 0 Å². The highest BCUT2D eigenvalue weighted by molar-refractivity contribution is 9.10. The molecule has 0 aromatic heterocycles. The summed E-state index contributed by atoms with van der Waals surface area (Å²) in [6, 6.07) is 93.4.